The number of carboxylic acids is 1. The molecule has 1 aliphatic rings. The van der Waals surface area contributed by atoms with E-state index in [1.807, 2.05) is 0 Å². The molecular weight excluding hydrogens is 263 g/mol. The zero-order valence-corrected chi connectivity index (χ0v) is 11.4. The van der Waals surface area contributed by atoms with Gasteiger partial charge in [0, 0.05) is 18.6 Å². The molecule has 1 atom stereocenters. The van der Waals surface area contributed by atoms with Gasteiger partial charge in [-0.05, 0) is 31.0 Å². The Bertz CT molecular complexity index is 469. The minimum Gasteiger partial charge on any atom is -0.545 e. The lowest BCUT2D eigenvalue weighted by molar-refractivity contribution is -0.255. The monoisotopic (exact) mass is 281 g/mol. The number of carboxylic acid groups (broad SMARTS) is 1. The largest absolute Gasteiger partial charge is 0.545 e. The van der Waals surface area contributed by atoms with E-state index in [-0.39, 0.29) is 17.2 Å². The molecule has 0 spiro atoms. The number of benzene rings is 1. The number of hydrogen-bond acceptors (Lipinski definition) is 4. The van der Waals surface area contributed by atoms with Gasteiger partial charge in [0.25, 0.3) is 0 Å². The minimum atomic E-state index is -1.36. The highest BCUT2D eigenvalue weighted by Crippen LogP contribution is 2.30. The van der Waals surface area contributed by atoms with Crippen LogP contribution in [-0.2, 0) is 4.74 Å². The molecule has 0 saturated heterocycles. The van der Waals surface area contributed by atoms with Gasteiger partial charge in [0.1, 0.15) is 0 Å². The molecule has 1 aliphatic carbocycles. The van der Waals surface area contributed by atoms with Crippen molar-refractivity contribution in [2.75, 3.05) is 7.11 Å². The van der Waals surface area contributed by atoms with Gasteiger partial charge in [-0.15, -0.1) is 0 Å². The number of rotatable bonds is 5. The molecule has 1 unspecified atom stereocenters. The Balaban J connectivity index is 2.13. The number of aromatic carboxylic acids is 1. The third-order valence-corrected chi connectivity index (χ3v) is 3.68. The molecule has 1 aromatic rings. The summed E-state index contributed by atoms with van der Waals surface area (Å²) in [5, 5.41) is 10.8. The molecule has 110 valence electrons. The van der Waals surface area contributed by atoms with Crippen LogP contribution in [-0.4, -0.2) is 19.4 Å². The Morgan fingerprint density at radius 2 is 2.05 bits per heavy atom. The summed E-state index contributed by atoms with van der Waals surface area (Å²) in [7, 11) is 1.51. The summed E-state index contributed by atoms with van der Waals surface area (Å²) in [6, 6.07) is 3.35. The summed E-state index contributed by atoms with van der Waals surface area (Å²) < 4.78 is 24.5. The van der Waals surface area contributed by atoms with E-state index in [9.17, 15) is 14.3 Å². The summed E-state index contributed by atoms with van der Waals surface area (Å²) >= 11 is 0. The Morgan fingerprint density at radius 3 is 2.65 bits per heavy atom. The SMILES string of the molecule is COC(Oc1cc(C(=O)[O-])ccc1F)C1CCCCC1. The van der Waals surface area contributed by atoms with E-state index in [1.165, 1.54) is 13.5 Å². The van der Waals surface area contributed by atoms with E-state index in [2.05, 4.69) is 0 Å². The smallest absolute Gasteiger partial charge is 0.202 e. The molecule has 20 heavy (non-hydrogen) atoms. The van der Waals surface area contributed by atoms with Gasteiger partial charge in [-0.2, -0.15) is 0 Å². The molecular formula is C15H18FO4-. The average Bonchev–Trinajstić information content (AvgIpc) is 2.47. The van der Waals surface area contributed by atoms with E-state index < -0.39 is 18.1 Å². The number of hydrogen-bond donors (Lipinski definition) is 0. The predicted octanol–water partition coefficient (Wildman–Crippen LogP) is 2.12. The van der Waals surface area contributed by atoms with Crippen molar-refractivity contribution in [2.24, 2.45) is 5.92 Å². The first-order valence-electron chi connectivity index (χ1n) is 6.82. The van der Waals surface area contributed by atoms with Crippen LogP contribution in [0, 0.1) is 11.7 Å². The average molecular weight is 281 g/mol. The molecule has 0 heterocycles. The Hall–Kier alpha value is -1.62. The fourth-order valence-electron chi connectivity index (χ4n) is 2.59. The third-order valence-electron chi connectivity index (χ3n) is 3.68. The number of carbonyl (C=O) groups excluding carboxylic acids is 1. The molecule has 0 N–H and O–H groups in total. The van der Waals surface area contributed by atoms with E-state index in [0.29, 0.717) is 0 Å². The van der Waals surface area contributed by atoms with Crippen LogP contribution in [0.25, 0.3) is 0 Å². The van der Waals surface area contributed by atoms with Crippen LogP contribution in [0.2, 0.25) is 0 Å². The summed E-state index contributed by atoms with van der Waals surface area (Å²) in [6.07, 6.45) is 4.80. The summed E-state index contributed by atoms with van der Waals surface area (Å²) in [5.74, 6) is -1.86. The Kier molecular flexibility index (Phi) is 4.95. The first-order valence-corrected chi connectivity index (χ1v) is 6.82. The van der Waals surface area contributed by atoms with Crippen molar-refractivity contribution in [2.45, 2.75) is 38.4 Å². The molecule has 1 saturated carbocycles. The highest BCUT2D eigenvalue weighted by molar-refractivity contribution is 5.86. The Labute approximate surface area is 117 Å². The molecule has 0 amide bonds. The summed E-state index contributed by atoms with van der Waals surface area (Å²) in [4.78, 5) is 10.8. The van der Waals surface area contributed by atoms with Gasteiger partial charge in [0.15, 0.2) is 11.6 Å². The number of ether oxygens (including phenoxy) is 2. The van der Waals surface area contributed by atoms with E-state index in [0.717, 1.165) is 43.9 Å². The van der Waals surface area contributed by atoms with Crippen LogP contribution in [0.5, 0.6) is 5.75 Å². The van der Waals surface area contributed by atoms with Crippen molar-refractivity contribution < 1.29 is 23.8 Å². The van der Waals surface area contributed by atoms with Crippen molar-refractivity contribution in [3.63, 3.8) is 0 Å². The Morgan fingerprint density at radius 1 is 1.35 bits per heavy atom. The standard InChI is InChI=1S/C15H19FO4/c1-19-15(10-5-3-2-4-6-10)20-13-9-11(14(17)18)7-8-12(13)16/h7-10,15H,2-6H2,1H3,(H,17,18)/p-1. The minimum absolute atomic E-state index is 0.107. The second kappa shape index (κ2) is 6.70. The van der Waals surface area contributed by atoms with Crippen molar-refractivity contribution in [3.05, 3.63) is 29.6 Å². The molecule has 2 rings (SSSR count). The summed E-state index contributed by atoms with van der Waals surface area (Å²) in [5.41, 5.74) is -0.111. The first-order chi connectivity index (χ1) is 9.61. The topological polar surface area (TPSA) is 58.6 Å². The van der Waals surface area contributed by atoms with Gasteiger partial charge in [0.05, 0.1) is 5.97 Å². The lowest BCUT2D eigenvalue weighted by Crippen LogP contribution is -2.31. The zero-order chi connectivity index (χ0) is 14.5. The molecule has 0 aromatic heterocycles. The second-order valence-electron chi connectivity index (χ2n) is 5.05. The molecule has 0 bridgehead atoms. The number of carbonyl (C=O) groups is 1. The number of halogens is 1. The number of methoxy groups -OCH3 is 1. The van der Waals surface area contributed by atoms with Gasteiger partial charge in [-0.1, -0.05) is 19.3 Å². The molecule has 0 aliphatic heterocycles. The van der Waals surface area contributed by atoms with Crippen LogP contribution in [0.15, 0.2) is 18.2 Å². The maximum atomic E-state index is 13.7. The van der Waals surface area contributed by atoms with Crippen molar-refractivity contribution in [1.82, 2.24) is 0 Å². The van der Waals surface area contributed by atoms with Gasteiger partial charge >= 0.3 is 0 Å². The van der Waals surface area contributed by atoms with Gasteiger partial charge in [-0.25, -0.2) is 4.39 Å². The van der Waals surface area contributed by atoms with Crippen molar-refractivity contribution in [1.29, 1.82) is 0 Å². The van der Waals surface area contributed by atoms with Gasteiger partial charge in [-0.3, -0.25) is 0 Å². The second-order valence-corrected chi connectivity index (χ2v) is 5.05. The maximum Gasteiger partial charge on any atom is 0.202 e. The van der Waals surface area contributed by atoms with Crippen LogP contribution in [0.3, 0.4) is 0 Å². The lowest BCUT2D eigenvalue weighted by atomic mass is 9.89. The van der Waals surface area contributed by atoms with E-state index in [1.54, 1.807) is 0 Å². The van der Waals surface area contributed by atoms with Gasteiger partial charge < -0.3 is 19.4 Å². The molecule has 1 fully saturated rings. The van der Waals surface area contributed by atoms with E-state index >= 15 is 0 Å². The fraction of sp³-hybridized carbons (Fsp3) is 0.533. The van der Waals surface area contributed by atoms with Gasteiger partial charge in [0.2, 0.25) is 6.29 Å². The molecule has 0 radical (unpaired) electrons. The first kappa shape index (κ1) is 14.8. The van der Waals surface area contributed by atoms with E-state index in [4.69, 9.17) is 9.47 Å². The lowest BCUT2D eigenvalue weighted by Gasteiger charge is -2.29. The zero-order valence-electron chi connectivity index (χ0n) is 11.4. The highest BCUT2D eigenvalue weighted by atomic mass is 19.1. The van der Waals surface area contributed by atoms with Crippen LogP contribution in [0.1, 0.15) is 42.5 Å². The third kappa shape index (κ3) is 3.48. The quantitative estimate of drug-likeness (QED) is 0.776. The predicted molar refractivity (Wildman–Crippen MR) is 68.7 cm³/mol. The highest BCUT2D eigenvalue weighted by Gasteiger charge is 2.26. The maximum absolute atomic E-state index is 13.7. The molecule has 5 heteroatoms. The normalized spacial score (nSPS) is 17.7. The molecule has 4 nitrogen and oxygen atoms in total. The van der Waals surface area contributed by atoms with Crippen molar-refractivity contribution in [3.8, 4) is 5.75 Å². The van der Waals surface area contributed by atoms with Crippen molar-refractivity contribution >= 4 is 5.97 Å². The van der Waals surface area contributed by atoms with Crippen LogP contribution in [0.4, 0.5) is 4.39 Å². The van der Waals surface area contributed by atoms with Crippen LogP contribution < -0.4 is 9.84 Å². The molecule has 1 aromatic carbocycles. The van der Waals surface area contributed by atoms with Crippen LogP contribution >= 0.6 is 0 Å². The fourth-order valence-corrected chi connectivity index (χ4v) is 2.59. The summed E-state index contributed by atoms with van der Waals surface area (Å²) in [6.45, 7) is 0.